The summed E-state index contributed by atoms with van der Waals surface area (Å²) >= 11 is 0. The lowest BCUT2D eigenvalue weighted by molar-refractivity contribution is -0.162. The van der Waals surface area contributed by atoms with E-state index in [2.05, 4.69) is 5.32 Å². The molecule has 0 radical (unpaired) electrons. The van der Waals surface area contributed by atoms with Crippen LogP contribution in [0.25, 0.3) is 0 Å². The van der Waals surface area contributed by atoms with Gasteiger partial charge in [0.2, 0.25) is 5.91 Å². The van der Waals surface area contributed by atoms with Gasteiger partial charge in [-0.3, -0.25) is 14.4 Å². The fraction of sp³-hybridized carbons (Fsp3) is 0.850. The van der Waals surface area contributed by atoms with E-state index in [-0.39, 0.29) is 18.3 Å². The zero-order chi connectivity index (χ0) is 21.4. The minimum absolute atomic E-state index is 0.295. The van der Waals surface area contributed by atoms with E-state index >= 15 is 0 Å². The second-order valence-electron chi connectivity index (χ2n) is 8.65. The van der Waals surface area contributed by atoms with Crippen LogP contribution in [0.4, 0.5) is 0 Å². The topological polar surface area (TPSA) is 122 Å². The molecule has 0 saturated heterocycles. The zero-order valence-corrected chi connectivity index (χ0v) is 17.5. The number of hydrogen-bond donors (Lipinski definition) is 3. The molecule has 8 heteroatoms. The summed E-state index contributed by atoms with van der Waals surface area (Å²) in [5, 5.41) is 21.0. The number of amides is 1. The number of carbonyl (C=O) groups excluding carboxylic acids is 2. The van der Waals surface area contributed by atoms with E-state index in [1.54, 1.807) is 27.9 Å². The van der Waals surface area contributed by atoms with Crippen LogP contribution in [-0.4, -0.2) is 60.0 Å². The number of nitrogens with one attached hydrogen (secondary N) is 1. The van der Waals surface area contributed by atoms with Crippen LogP contribution in [-0.2, 0) is 23.9 Å². The maximum atomic E-state index is 13.0. The van der Waals surface area contributed by atoms with Gasteiger partial charge in [0.15, 0.2) is 0 Å². The summed E-state index contributed by atoms with van der Waals surface area (Å²) in [5.41, 5.74) is -1.39. The Labute approximate surface area is 167 Å². The Morgan fingerprint density at radius 1 is 1.18 bits per heavy atom. The van der Waals surface area contributed by atoms with Crippen molar-refractivity contribution < 1.29 is 34.1 Å². The van der Waals surface area contributed by atoms with Crippen molar-refractivity contribution in [3.8, 4) is 0 Å². The largest absolute Gasteiger partial charge is 0.481 e. The molecule has 162 valence electrons. The summed E-state index contributed by atoms with van der Waals surface area (Å²) in [5.74, 6) is -2.23. The molecule has 0 aliphatic heterocycles. The van der Waals surface area contributed by atoms with Crippen LogP contribution in [0.5, 0.6) is 0 Å². The molecule has 2 atom stereocenters. The van der Waals surface area contributed by atoms with Gasteiger partial charge in [-0.2, -0.15) is 0 Å². The predicted octanol–water partition coefficient (Wildman–Crippen LogP) is 1.88. The number of carbonyl (C=O) groups is 3. The molecular formula is C20H35NO7. The highest BCUT2D eigenvalue weighted by atomic mass is 16.6. The maximum absolute atomic E-state index is 13.0. The lowest BCUT2D eigenvalue weighted by Crippen LogP contribution is -2.48. The molecule has 1 aliphatic carbocycles. The molecule has 0 bridgehead atoms. The minimum Gasteiger partial charge on any atom is -0.481 e. The van der Waals surface area contributed by atoms with E-state index in [1.807, 2.05) is 0 Å². The number of aliphatic hydroxyl groups is 1. The fourth-order valence-corrected chi connectivity index (χ4v) is 3.71. The van der Waals surface area contributed by atoms with Gasteiger partial charge in [-0.15, -0.1) is 0 Å². The van der Waals surface area contributed by atoms with Crippen LogP contribution in [0.2, 0.25) is 0 Å². The highest BCUT2D eigenvalue weighted by Crippen LogP contribution is 2.44. The fourth-order valence-electron chi connectivity index (χ4n) is 3.71. The molecule has 3 N–H and O–H groups in total. The SMILES string of the molecule is COCC[C@H](CC1(C(=O)N[C@H](CO)CC(=O)O)CCCC1)C(=O)OC(C)(C)C. The van der Waals surface area contributed by atoms with Crippen molar-refractivity contribution in [2.24, 2.45) is 11.3 Å². The van der Waals surface area contributed by atoms with Crippen LogP contribution in [0.15, 0.2) is 0 Å². The van der Waals surface area contributed by atoms with Crippen molar-refractivity contribution in [1.82, 2.24) is 5.32 Å². The van der Waals surface area contributed by atoms with Gasteiger partial charge in [-0.05, 0) is 46.5 Å². The quantitative estimate of drug-likeness (QED) is 0.452. The van der Waals surface area contributed by atoms with Crippen molar-refractivity contribution in [2.45, 2.75) is 77.4 Å². The summed E-state index contributed by atoms with van der Waals surface area (Å²) in [7, 11) is 1.56. The number of methoxy groups -OCH3 is 1. The number of aliphatic hydroxyl groups excluding tert-OH is 1. The Bertz CT molecular complexity index is 535. The Morgan fingerprint density at radius 2 is 1.79 bits per heavy atom. The molecular weight excluding hydrogens is 366 g/mol. The molecule has 0 spiro atoms. The minimum atomic E-state index is -1.09. The molecule has 1 rings (SSSR count). The molecule has 0 unspecified atom stereocenters. The zero-order valence-electron chi connectivity index (χ0n) is 17.5. The highest BCUT2D eigenvalue weighted by molar-refractivity contribution is 5.85. The Balaban J connectivity index is 2.96. The third-order valence-corrected chi connectivity index (χ3v) is 5.07. The van der Waals surface area contributed by atoms with Gasteiger partial charge in [-0.25, -0.2) is 0 Å². The Hall–Kier alpha value is -1.67. The first-order valence-corrected chi connectivity index (χ1v) is 9.88. The Kier molecular flexibility index (Phi) is 9.36. The number of esters is 1. The number of carboxylic acids is 1. The number of hydrogen-bond acceptors (Lipinski definition) is 6. The normalized spacial score (nSPS) is 18.3. The average Bonchev–Trinajstić information content (AvgIpc) is 3.05. The summed E-state index contributed by atoms with van der Waals surface area (Å²) in [6, 6.07) is -0.846. The Morgan fingerprint density at radius 3 is 2.25 bits per heavy atom. The standard InChI is InChI=1S/C20H35NO7/c1-19(2,3)28-17(25)14(7-10-27-4)12-20(8-5-6-9-20)18(26)21-15(13-22)11-16(23)24/h14-15,22H,5-13H2,1-4H3,(H,21,26)(H,23,24)/t14-,15+/m1/s1. The van der Waals surface area contributed by atoms with E-state index in [4.69, 9.17) is 14.6 Å². The second-order valence-corrected chi connectivity index (χ2v) is 8.65. The molecule has 28 heavy (non-hydrogen) atoms. The molecule has 1 aliphatic rings. The lowest BCUT2D eigenvalue weighted by Gasteiger charge is -2.33. The van der Waals surface area contributed by atoms with Gasteiger partial charge >= 0.3 is 11.9 Å². The summed E-state index contributed by atoms with van der Waals surface area (Å²) < 4.78 is 10.7. The molecule has 0 aromatic heterocycles. The maximum Gasteiger partial charge on any atom is 0.309 e. The van der Waals surface area contributed by atoms with Crippen molar-refractivity contribution in [1.29, 1.82) is 0 Å². The first-order chi connectivity index (χ1) is 13.0. The van der Waals surface area contributed by atoms with Crippen LogP contribution in [0.3, 0.4) is 0 Å². The highest BCUT2D eigenvalue weighted by Gasteiger charge is 2.45. The van der Waals surface area contributed by atoms with Gasteiger partial charge in [0.05, 0.1) is 30.4 Å². The van der Waals surface area contributed by atoms with E-state index in [1.165, 1.54) is 0 Å². The molecule has 1 saturated carbocycles. The van der Waals surface area contributed by atoms with Crippen LogP contribution < -0.4 is 5.32 Å². The van der Waals surface area contributed by atoms with E-state index in [0.717, 1.165) is 12.8 Å². The van der Waals surface area contributed by atoms with Crippen molar-refractivity contribution >= 4 is 17.8 Å². The first-order valence-electron chi connectivity index (χ1n) is 9.88. The van der Waals surface area contributed by atoms with Gasteiger partial charge in [-0.1, -0.05) is 12.8 Å². The molecule has 0 aromatic carbocycles. The lowest BCUT2D eigenvalue weighted by atomic mass is 9.75. The molecule has 0 heterocycles. The predicted molar refractivity (Wildman–Crippen MR) is 103 cm³/mol. The third-order valence-electron chi connectivity index (χ3n) is 5.07. The summed E-state index contributed by atoms with van der Waals surface area (Å²) in [6.07, 6.45) is 3.38. The van der Waals surface area contributed by atoms with Crippen LogP contribution in [0.1, 0.15) is 65.7 Å². The number of carboxylic acid groups (broad SMARTS) is 1. The molecule has 8 nitrogen and oxygen atoms in total. The van der Waals surface area contributed by atoms with Crippen LogP contribution >= 0.6 is 0 Å². The van der Waals surface area contributed by atoms with Crippen molar-refractivity contribution in [3.63, 3.8) is 0 Å². The second kappa shape index (κ2) is 10.8. The number of ether oxygens (including phenoxy) is 2. The third kappa shape index (κ3) is 7.75. The monoisotopic (exact) mass is 401 g/mol. The number of rotatable bonds is 11. The number of aliphatic carboxylic acids is 1. The van der Waals surface area contributed by atoms with Gasteiger partial charge in [0, 0.05) is 13.7 Å². The van der Waals surface area contributed by atoms with Gasteiger partial charge in [0.1, 0.15) is 5.60 Å². The van der Waals surface area contributed by atoms with E-state index in [9.17, 15) is 19.5 Å². The molecule has 1 amide bonds. The van der Waals surface area contributed by atoms with Gasteiger partial charge < -0.3 is 25.0 Å². The van der Waals surface area contributed by atoms with E-state index in [0.29, 0.717) is 32.3 Å². The summed E-state index contributed by atoms with van der Waals surface area (Å²) in [4.78, 5) is 36.7. The summed E-state index contributed by atoms with van der Waals surface area (Å²) in [6.45, 7) is 5.32. The first kappa shape index (κ1) is 24.4. The smallest absolute Gasteiger partial charge is 0.309 e. The van der Waals surface area contributed by atoms with Crippen molar-refractivity contribution in [3.05, 3.63) is 0 Å². The average molecular weight is 402 g/mol. The van der Waals surface area contributed by atoms with Crippen LogP contribution in [0, 0.1) is 11.3 Å². The molecule has 0 aromatic rings. The van der Waals surface area contributed by atoms with Gasteiger partial charge in [0.25, 0.3) is 0 Å². The van der Waals surface area contributed by atoms with Crippen molar-refractivity contribution in [2.75, 3.05) is 20.3 Å². The van der Waals surface area contributed by atoms with E-state index < -0.39 is 35.6 Å². The molecule has 1 fully saturated rings.